The van der Waals surface area contributed by atoms with Crippen LogP contribution in [0.1, 0.15) is 83.0 Å². The molecule has 286 valence electrons. The van der Waals surface area contributed by atoms with Gasteiger partial charge in [-0.05, 0) is 60.3 Å². The van der Waals surface area contributed by atoms with Crippen molar-refractivity contribution in [2.75, 3.05) is 27.2 Å². The van der Waals surface area contributed by atoms with E-state index >= 15 is 0 Å². The SMILES string of the molecule is CCC[C@@H](C(=O)N1CCC[C@H]1c1ncc(-c2ccc(-c3ccc(-c4cnc(C5CCCN5C(=O)[C@@H](NC(=O)OC)C(C)C)[nH]4)cc3)cc2)[nH]1)N(C)C(=O)O. The summed E-state index contributed by atoms with van der Waals surface area (Å²) >= 11 is 0. The van der Waals surface area contributed by atoms with E-state index in [0.29, 0.717) is 31.8 Å². The third-order valence-corrected chi connectivity index (χ3v) is 10.6. The summed E-state index contributed by atoms with van der Waals surface area (Å²) in [6.07, 6.45) is 6.22. The zero-order valence-electron chi connectivity index (χ0n) is 31.5. The van der Waals surface area contributed by atoms with E-state index in [1.807, 2.05) is 45.0 Å². The van der Waals surface area contributed by atoms with Crippen LogP contribution in [0, 0.1) is 5.92 Å². The van der Waals surface area contributed by atoms with Crippen molar-refractivity contribution in [3.05, 3.63) is 72.6 Å². The molecular formula is C40H50N8O6. The van der Waals surface area contributed by atoms with Crippen molar-refractivity contribution < 1.29 is 29.0 Å². The minimum Gasteiger partial charge on any atom is -0.465 e. The number of likely N-dealkylation sites (N-methyl/N-ethyl adjacent to an activating group) is 1. The molecule has 4 aromatic rings. The van der Waals surface area contributed by atoms with Gasteiger partial charge in [-0.15, -0.1) is 0 Å². The number of hydrogen-bond donors (Lipinski definition) is 4. The van der Waals surface area contributed by atoms with Gasteiger partial charge < -0.3 is 34.9 Å². The van der Waals surface area contributed by atoms with E-state index in [0.717, 1.165) is 70.0 Å². The van der Waals surface area contributed by atoms with Crippen LogP contribution in [0.3, 0.4) is 0 Å². The number of alkyl carbamates (subject to hydrolysis) is 1. The number of carboxylic acid groups (broad SMARTS) is 1. The van der Waals surface area contributed by atoms with Crippen molar-refractivity contribution in [1.82, 2.24) is 40.0 Å². The van der Waals surface area contributed by atoms with Crippen LogP contribution < -0.4 is 5.32 Å². The number of ether oxygens (including phenoxy) is 1. The molecule has 4 atom stereocenters. The number of benzene rings is 2. The highest BCUT2D eigenvalue weighted by Gasteiger charge is 2.39. The molecule has 2 aromatic carbocycles. The molecule has 2 aliphatic rings. The highest BCUT2D eigenvalue weighted by Crippen LogP contribution is 2.35. The van der Waals surface area contributed by atoms with Gasteiger partial charge in [-0.2, -0.15) is 0 Å². The number of amides is 4. The predicted octanol–water partition coefficient (Wildman–Crippen LogP) is 6.62. The van der Waals surface area contributed by atoms with Crippen molar-refractivity contribution in [1.29, 1.82) is 0 Å². The molecule has 2 saturated heterocycles. The first-order chi connectivity index (χ1) is 26.0. The summed E-state index contributed by atoms with van der Waals surface area (Å²) in [5.41, 5.74) is 5.73. The molecular weight excluding hydrogens is 688 g/mol. The Bertz CT molecular complexity index is 1940. The van der Waals surface area contributed by atoms with Crippen LogP contribution in [0.5, 0.6) is 0 Å². The fourth-order valence-electron chi connectivity index (χ4n) is 7.58. The van der Waals surface area contributed by atoms with Gasteiger partial charge in [-0.1, -0.05) is 75.7 Å². The number of nitrogens with one attached hydrogen (secondary N) is 3. The number of aromatic amines is 2. The number of H-pyrrole nitrogens is 2. The standard InChI is InChI=1S/C40H50N8O6/c1-6-9-33(46(4)40(52)53)37(49)47-20-7-10-31(47)35-41-22-29(43-35)27-16-12-25(13-17-27)26-14-18-28(19-15-26)30-23-42-36(44-30)32-11-8-21-48(32)38(50)34(24(2)3)45-39(51)54-5/h12-19,22-24,31-34H,6-11,20-21H2,1-5H3,(H,41,43)(H,42,44)(H,45,51)(H,52,53)/t31-,32?,33-,34-/m0/s1. The molecule has 14 nitrogen and oxygen atoms in total. The Balaban J connectivity index is 1.11. The Morgan fingerprint density at radius 3 is 1.72 bits per heavy atom. The van der Waals surface area contributed by atoms with Crippen LogP contribution in [-0.4, -0.2) is 103 Å². The first-order valence-corrected chi connectivity index (χ1v) is 18.7. The van der Waals surface area contributed by atoms with Gasteiger partial charge in [0.05, 0.1) is 43.0 Å². The molecule has 1 unspecified atom stereocenters. The van der Waals surface area contributed by atoms with E-state index < -0.39 is 24.3 Å². The highest BCUT2D eigenvalue weighted by atomic mass is 16.5. The molecule has 14 heteroatoms. The number of imidazole rings is 2. The van der Waals surface area contributed by atoms with Gasteiger partial charge in [0.25, 0.3) is 0 Å². The molecule has 0 bridgehead atoms. The number of carbonyl (C=O) groups is 4. The highest BCUT2D eigenvalue weighted by molar-refractivity contribution is 5.87. The van der Waals surface area contributed by atoms with Gasteiger partial charge in [0.1, 0.15) is 23.7 Å². The summed E-state index contributed by atoms with van der Waals surface area (Å²) in [7, 11) is 2.74. The molecule has 0 radical (unpaired) electrons. The molecule has 4 heterocycles. The summed E-state index contributed by atoms with van der Waals surface area (Å²) in [6.45, 7) is 6.90. The van der Waals surface area contributed by atoms with Gasteiger partial charge in [0.15, 0.2) is 0 Å². The average molecular weight is 739 g/mol. The molecule has 2 aromatic heterocycles. The lowest BCUT2D eigenvalue weighted by Crippen LogP contribution is -2.51. The van der Waals surface area contributed by atoms with Crippen LogP contribution in [0.25, 0.3) is 33.6 Å². The fourth-order valence-corrected chi connectivity index (χ4v) is 7.58. The Hall–Kier alpha value is -5.66. The first-order valence-electron chi connectivity index (χ1n) is 18.7. The maximum Gasteiger partial charge on any atom is 0.407 e. The molecule has 6 rings (SSSR count). The van der Waals surface area contributed by atoms with E-state index in [1.165, 1.54) is 14.2 Å². The van der Waals surface area contributed by atoms with Gasteiger partial charge >= 0.3 is 12.2 Å². The Morgan fingerprint density at radius 2 is 1.30 bits per heavy atom. The summed E-state index contributed by atoms with van der Waals surface area (Å²) in [5.74, 6) is 0.994. The summed E-state index contributed by atoms with van der Waals surface area (Å²) in [6, 6.07) is 14.6. The van der Waals surface area contributed by atoms with Crippen molar-refractivity contribution in [2.24, 2.45) is 5.92 Å². The first kappa shape index (κ1) is 38.1. The second-order valence-corrected chi connectivity index (χ2v) is 14.5. The topological polar surface area (TPSA) is 177 Å². The number of nitrogens with zero attached hydrogens (tertiary/aromatic N) is 5. The molecule has 0 saturated carbocycles. The lowest BCUT2D eigenvalue weighted by Gasteiger charge is -2.31. The number of carbonyl (C=O) groups excluding carboxylic acids is 3. The minimum atomic E-state index is -1.11. The Morgan fingerprint density at radius 1 is 0.833 bits per heavy atom. The van der Waals surface area contributed by atoms with Crippen LogP contribution >= 0.6 is 0 Å². The maximum absolute atomic E-state index is 13.5. The second kappa shape index (κ2) is 16.6. The molecule has 2 aliphatic heterocycles. The van der Waals surface area contributed by atoms with E-state index in [4.69, 9.17) is 4.74 Å². The zero-order valence-corrected chi connectivity index (χ0v) is 31.5. The average Bonchev–Trinajstić information content (AvgIpc) is 4.02. The number of likely N-dealkylation sites (tertiary alicyclic amines) is 2. The molecule has 2 fully saturated rings. The van der Waals surface area contributed by atoms with E-state index in [9.17, 15) is 24.3 Å². The van der Waals surface area contributed by atoms with Crippen molar-refractivity contribution in [3.63, 3.8) is 0 Å². The van der Waals surface area contributed by atoms with Crippen molar-refractivity contribution >= 4 is 24.0 Å². The van der Waals surface area contributed by atoms with E-state index in [-0.39, 0.29) is 29.8 Å². The molecule has 54 heavy (non-hydrogen) atoms. The molecule has 4 N–H and O–H groups in total. The fraction of sp³-hybridized carbons (Fsp3) is 0.450. The maximum atomic E-state index is 13.5. The third-order valence-electron chi connectivity index (χ3n) is 10.6. The summed E-state index contributed by atoms with van der Waals surface area (Å²) in [5, 5.41) is 12.2. The third kappa shape index (κ3) is 7.97. The Kier molecular flexibility index (Phi) is 11.7. The van der Waals surface area contributed by atoms with Crippen LogP contribution in [0.15, 0.2) is 60.9 Å². The number of aromatic nitrogens is 4. The minimum absolute atomic E-state index is 0.107. The lowest BCUT2D eigenvalue weighted by molar-refractivity contribution is -0.137. The molecule has 0 spiro atoms. The molecule has 4 amide bonds. The largest absolute Gasteiger partial charge is 0.465 e. The van der Waals surface area contributed by atoms with E-state index in [1.54, 1.807) is 22.2 Å². The van der Waals surface area contributed by atoms with Crippen molar-refractivity contribution in [3.8, 4) is 33.6 Å². The Labute approximate surface area is 315 Å². The van der Waals surface area contributed by atoms with Crippen LogP contribution in [0.4, 0.5) is 9.59 Å². The van der Waals surface area contributed by atoms with Gasteiger partial charge in [-0.25, -0.2) is 19.6 Å². The van der Waals surface area contributed by atoms with E-state index in [2.05, 4.69) is 49.5 Å². The van der Waals surface area contributed by atoms with Crippen LogP contribution in [-0.2, 0) is 14.3 Å². The normalized spacial score (nSPS) is 18.1. The van der Waals surface area contributed by atoms with Gasteiger partial charge in [-0.3, -0.25) is 14.5 Å². The summed E-state index contributed by atoms with van der Waals surface area (Å²) < 4.78 is 4.75. The number of methoxy groups -OCH3 is 1. The van der Waals surface area contributed by atoms with Gasteiger partial charge in [0.2, 0.25) is 11.8 Å². The lowest BCUT2D eigenvalue weighted by atomic mass is 10.0. The van der Waals surface area contributed by atoms with Crippen molar-refractivity contribution in [2.45, 2.75) is 83.5 Å². The smallest absolute Gasteiger partial charge is 0.407 e. The van der Waals surface area contributed by atoms with Crippen LogP contribution in [0.2, 0.25) is 0 Å². The monoisotopic (exact) mass is 738 g/mol. The number of hydrogen-bond acceptors (Lipinski definition) is 7. The molecule has 0 aliphatic carbocycles. The zero-order chi connectivity index (χ0) is 38.5. The second-order valence-electron chi connectivity index (χ2n) is 14.5. The summed E-state index contributed by atoms with van der Waals surface area (Å²) in [4.78, 5) is 71.5. The van der Waals surface area contributed by atoms with Gasteiger partial charge in [0, 0.05) is 20.1 Å². The quantitative estimate of drug-likeness (QED) is 0.125. The number of rotatable bonds is 12. The predicted molar refractivity (Wildman–Crippen MR) is 203 cm³/mol.